The Morgan fingerprint density at radius 3 is 2.19 bits per heavy atom. The van der Waals surface area contributed by atoms with Gasteiger partial charge >= 0.3 is 0 Å². The van der Waals surface area contributed by atoms with E-state index < -0.39 is 11.7 Å². The quantitative estimate of drug-likeness (QED) is 0.710. The van der Waals surface area contributed by atoms with Crippen molar-refractivity contribution in [3.05, 3.63) is 101 Å². The SMILES string of the molecule is Cc1cccc(CNC(=O)c2ccc(C(=O)Nc3ccccc3F)cc2)c1. The van der Waals surface area contributed by atoms with Crippen molar-refractivity contribution >= 4 is 17.5 Å². The van der Waals surface area contributed by atoms with E-state index in [4.69, 9.17) is 0 Å². The first kappa shape index (κ1) is 18.3. The molecule has 0 aliphatic heterocycles. The minimum atomic E-state index is -0.502. The zero-order chi connectivity index (χ0) is 19.2. The number of carbonyl (C=O) groups is 2. The van der Waals surface area contributed by atoms with E-state index in [2.05, 4.69) is 10.6 Å². The lowest BCUT2D eigenvalue weighted by Crippen LogP contribution is -2.23. The second-order valence-electron chi connectivity index (χ2n) is 6.18. The van der Waals surface area contributed by atoms with Crippen LogP contribution in [0, 0.1) is 12.7 Å². The summed E-state index contributed by atoms with van der Waals surface area (Å²) in [6.45, 7) is 2.42. The number of benzene rings is 3. The molecule has 0 bridgehead atoms. The lowest BCUT2D eigenvalue weighted by molar-refractivity contribution is 0.0949. The van der Waals surface area contributed by atoms with E-state index in [0.29, 0.717) is 17.7 Å². The first-order chi connectivity index (χ1) is 13.0. The number of amides is 2. The van der Waals surface area contributed by atoms with Crippen LogP contribution in [0.25, 0.3) is 0 Å². The number of hydrogen-bond donors (Lipinski definition) is 2. The second-order valence-corrected chi connectivity index (χ2v) is 6.18. The van der Waals surface area contributed by atoms with Crippen molar-refractivity contribution < 1.29 is 14.0 Å². The highest BCUT2D eigenvalue weighted by Gasteiger charge is 2.11. The second kappa shape index (κ2) is 8.27. The highest BCUT2D eigenvalue weighted by Crippen LogP contribution is 2.14. The van der Waals surface area contributed by atoms with E-state index in [1.54, 1.807) is 24.3 Å². The number of nitrogens with one attached hydrogen (secondary N) is 2. The minimum absolute atomic E-state index is 0.113. The fraction of sp³-hybridized carbons (Fsp3) is 0.0909. The summed E-state index contributed by atoms with van der Waals surface area (Å²) in [4.78, 5) is 24.5. The molecule has 2 amide bonds. The Kier molecular flexibility index (Phi) is 5.61. The molecule has 0 saturated heterocycles. The Balaban J connectivity index is 1.61. The molecule has 0 atom stereocenters. The molecule has 0 fully saturated rings. The molecule has 3 rings (SSSR count). The molecule has 0 aliphatic carbocycles. The molecule has 0 aromatic heterocycles. The van der Waals surface area contributed by atoms with Crippen LogP contribution >= 0.6 is 0 Å². The van der Waals surface area contributed by atoms with Crippen molar-refractivity contribution in [1.29, 1.82) is 0 Å². The summed E-state index contributed by atoms with van der Waals surface area (Å²) < 4.78 is 13.6. The van der Waals surface area contributed by atoms with Crippen molar-refractivity contribution in [2.75, 3.05) is 5.32 Å². The van der Waals surface area contributed by atoms with Gasteiger partial charge in [0.1, 0.15) is 5.82 Å². The molecule has 27 heavy (non-hydrogen) atoms. The Hall–Kier alpha value is -3.47. The van der Waals surface area contributed by atoms with Crippen LogP contribution in [0.2, 0.25) is 0 Å². The first-order valence-electron chi connectivity index (χ1n) is 8.52. The molecule has 0 spiro atoms. The van der Waals surface area contributed by atoms with Crippen molar-refractivity contribution in [2.24, 2.45) is 0 Å². The first-order valence-corrected chi connectivity index (χ1v) is 8.52. The number of rotatable bonds is 5. The van der Waals surface area contributed by atoms with Gasteiger partial charge in [0.25, 0.3) is 11.8 Å². The molecule has 3 aromatic rings. The number of aryl methyl sites for hydroxylation is 1. The van der Waals surface area contributed by atoms with Gasteiger partial charge in [-0.05, 0) is 48.9 Å². The number of hydrogen-bond acceptors (Lipinski definition) is 2. The van der Waals surface area contributed by atoms with Crippen LogP contribution in [-0.4, -0.2) is 11.8 Å². The number of halogens is 1. The highest BCUT2D eigenvalue weighted by atomic mass is 19.1. The van der Waals surface area contributed by atoms with E-state index in [9.17, 15) is 14.0 Å². The van der Waals surface area contributed by atoms with Crippen molar-refractivity contribution in [2.45, 2.75) is 13.5 Å². The Morgan fingerprint density at radius 2 is 1.52 bits per heavy atom. The Morgan fingerprint density at radius 1 is 0.852 bits per heavy atom. The summed E-state index contributed by atoms with van der Waals surface area (Å²) in [5, 5.41) is 5.36. The Bertz CT molecular complexity index is 968. The van der Waals surface area contributed by atoms with Crippen molar-refractivity contribution in [3.8, 4) is 0 Å². The summed E-state index contributed by atoms with van der Waals surface area (Å²) >= 11 is 0. The van der Waals surface area contributed by atoms with Crippen molar-refractivity contribution in [3.63, 3.8) is 0 Å². The standard InChI is InChI=1S/C22H19FN2O2/c1-15-5-4-6-16(13-15)14-24-21(26)17-9-11-18(12-10-17)22(27)25-20-8-3-2-7-19(20)23/h2-13H,14H2,1H3,(H,24,26)(H,25,27). The molecule has 0 unspecified atom stereocenters. The van der Waals surface area contributed by atoms with Gasteiger partial charge in [0.15, 0.2) is 0 Å². The zero-order valence-electron chi connectivity index (χ0n) is 14.8. The van der Waals surface area contributed by atoms with Gasteiger partial charge in [0.2, 0.25) is 0 Å². The van der Waals surface area contributed by atoms with Gasteiger partial charge < -0.3 is 10.6 Å². The van der Waals surface area contributed by atoms with Gasteiger partial charge in [-0.1, -0.05) is 42.0 Å². The third kappa shape index (κ3) is 4.79. The molecule has 5 heteroatoms. The maximum absolute atomic E-state index is 13.6. The lowest BCUT2D eigenvalue weighted by Gasteiger charge is -2.08. The topological polar surface area (TPSA) is 58.2 Å². The maximum atomic E-state index is 13.6. The van der Waals surface area contributed by atoms with Gasteiger partial charge in [-0.3, -0.25) is 9.59 Å². The van der Waals surface area contributed by atoms with Crippen LogP contribution in [0.3, 0.4) is 0 Å². The van der Waals surface area contributed by atoms with Gasteiger partial charge in [-0.25, -0.2) is 4.39 Å². The number of anilines is 1. The molecule has 0 saturated carbocycles. The van der Waals surface area contributed by atoms with Crippen LogP contribution < -0.4 is 10.6 Å². The Labute approximate surface area is 157 Å². The summed E-state index contributed by atoms with van der Waals surface area (Å²) in [6.07, 6.45) is 0. The molecule has 0 aliphatic rings. The van der Waals surface area contributed by atoms with Crippen LogP contribution in [0.15, 0.2) is 72.8 Å². The smallest absolute Gasteiger partial charge is 0.255 e. The number of para-hydroxylation sites is 1. The largest absolute Gasteiger partial charge is 0.348 e. The molecule has 4 nitrogen and oxygen atoms in total. The van der Waals surface area contributed by atoms with Gasteiger partial charge in [-0.2, -0.15) is 0 Å². The molecule has 0 heterocycles. The molecule has 2 N–H and O–H groups in total. The average molecular weight is 362 g/mol. The lowest BCUT2D eigenvalue weighted by atomic mass is 10.1. The van der Waals surface area contributed by atoms with Crippen molar-refractivity contribution in [1.82, 2.24) is 5.32 Å². The maximum Gasteiger partial charge on any atom is 0.255 e. The molecule has 3 aromatic carbocycles. The van der Waals surface area contributed by atoms with E-state index >= 15 is 0 Å². The van der Waals surface area contributed by atoms with Crippen LogP contribution in [-0.2, 0) is 6.54 Å². The minimum Gasteiger partial charge on any atom is -0.348 e. The summed E-state index contributed by atoms with van der Waals surface area (Å²) in [5.41, 5.74) is 3.05. The normalized spacial score (nSPS) is 10.3. The molecular weight excluding hydrogens is 343 g/mol. The monoisotopic (exact) mass is 362 g/mol. The third-order valence-corrected chi connectivity index (χ3v) is 4.07. The van der Waals surface area contributed by atoms with E-state index in [0.717, 1.165) is 11.1 Å². The zero-order valence-corrected chi connectivity index (χ0v) is 14.8. The number of carbonyl (C=O) groups excluding carboxylic acids is 2. The molecule has 0 radical (unpaired) electrons. The van der Waals surface area contributed by atoms with Crippen LogP contribution in [0.1, 0.15) is 31.8 Å². The summed E-state index contributed by atoms with van der Waals surface area (Å²) in [6, 6.07) is 20.1. The van der Waals surface area contributed by atoms with Gasteiger partial charge in [0.05, 0.1) is 5.69 Å². The highest BCUT2D eigenvalue weighted by molar-refractivity contribution is 6.05. The third-order valence-electron chi connectivity index (χ3n) is 4.07. The van der Waals surface area contributed by atoms with Gasteiger partial charge in [-0.15, -0.1) is 0 Å². The average Bonchev–Trinajstić information content (AvgIpc) is 2.68. The van der Waals surface area contributed by atoms with Gasteiger partial charge in [0, 0.05) is 17.7 Å². The fourth-order valence-electron chi connectivity index (χ4n) is 2.64. The van der Waals surface area contributed by atoms with E-state index in [1.165, 1.54) is 24.3 Å². The predicted octanol–water partition coefficient (Wildman–Crippen LogP) is 4.32. The summed E-state index contributed by atoms with van der Waals surface area (Å²) in [5.74, 6) is -1.16. The predicted molar refractivity (Wildman–Crippen MR) is 103 cm³/mol. The summed E-state index contributed by atoms with van der Waals surface area (Å²) in [7, 11) is 0. The van der Waals surface area contributed by atoms with Crippen LogP contribution in [0.5, 0.6) is 0 Å². The van der Waals surface area contributed by atoms with E-state index in [-0.39, 0.29) is 11.6 Å². The molecule has 136 valence electrons. The fourth-order valence-corrected chi connectivity index (χ4v) is 2.64. The molecular formula is C22H19FN2O2. The van der Waals surface area contributed by atoms with Crippen LogP contribution in [0.4, 0.5) is 10.1 Å². The van der Waals surface area contributed by atoms with E-state index in [1.807, 2.05) is 31.2 Å².